The molecule has 3 amide bonds. The number of imidazole rings is 1. The number of amides is 3. The molecule has 0 bridgehead atoms. The Morgan fingerprint density at radius 2 is 1.72 bits per heavy atom. The van der Waals surface area contributed by atoms with Crippen LogP contribution in [0.2, 0.25) is 0 Å². The molecule has 4 aromatic rings. The minimum absolute atomic E-state index is 0.172. The summed E-state index contributed by atoms with van der Waals surface area (Å²) in [5.74, 6) is 7.62. The SMILES string of the molecule is O=C1CCC(N2Cc3cc(C#CCN4CCN(c5cccc(-c6cnc7ccc(N8CCCC8)nn67)n5)CC4)ccc3C2=O)C(=O)N1. The van der Waals surface area contributed by atoms with Crippen LogP contribution in [-0.4, -0.2) is 99.0 Å². The second-order valence-corrected chi connectivity index (χ2v) is 12.5. The van der Waals surface area contributed by atoms with Gasteiger partial charge in [0.2, 0.25) is 11.8 Å². The summed E-state index contributed by atoms with van der Waals surface area (Å²) in [6.07, 6.45) is 4.85. The van der Waals surface area contributed by atoms with Crippen molar-refractivity contribution < 1.29 is 14.4 Å². The molecule has 4 aliphatic heterocycles. The average molecular weight is 630 g/mol. The first kappa shape index (κ1) is 29.1. The van der Waals surface area contributed by atoms with Crippen molar-refractivity contribution >= 4 is 35.0 Å². The van der Waals surface area contributed by atoms with Gasteiger partial charge in [0, 0.05) is 63.4 Å². The molecule has 0 spiro atoms. The van der Waals surface area contributed by atoms with Crippen molar-refractivity contribution in [1.82, 2.24) is 34.7 Å². The molecule has 3 fully saturated rings. The largest absolute Gasteiger partial charge is 0.355 e. The summed E-state index contributed by atoms with van der Waals surface area (Å²) in [5.41, 5.74) is 4.85. The molecule has 1 atom stereocenters. The fourth-order valence-electron chi connectivity index (χ4n) is 6.94. The van der Waals surface area contributed by atoms with Crippen molar-refractivity contribution in [3.8, 4) is 23.2 Å². The molecule has 0 aliphatic carbocycles. The lowest BCUT2D eigenvalue weighted by Crippen LogP contribution is -2.52. The molecule has 7 heterocycles. The van der Waals surface area contributed by atoms with E-state index in [1.165, 1.54) is 12.8 Å². The molecule has 0 radical (unpaired) electrons. The fourth-order valence-corrected chi connectivity index (χ4v) is 6.94. The predicted molar refractivity (Wildman–Crippen MR) is 176 cm³/mol. The van der Waals surface area contributed by atoms with Gasteiger partial charge in [-0.3, -0.25) is 24.6 Å². The van der Waals surface area contributed by atoms with Crippen LogP contribution in [0.25, 0.3) is 17.0 Å². The number of carbonyl (C=O) groups excluding carboxylic acids is 3. The van der Waals surface area contributed by atoms with E-state index < -0.39 is 11.9 Å². The Morgan fingerprint density at radius 1 is 0.894 bits per heavy atom. The highest BCUT2D eigenvalue weighted by atomic mass is 16.2. The highest BCUT2D eigenvalue weighted by Gasteiger charge is 2.39. The van der Waals surface area contributed by atoms with Gasteiger partial charge in [-0.15, -0.1) is 5.10 Å². The molecular formula is C35H35N9O3. The molecule has 12 heteroatoms. The van der Waals surface area contributed by atoms with Crippen molar-refractivity contribution in [2.45, 2.75) is 38.3 Å². The van der Waals surface area contributed by atoms with Crippen molar-refractivity contribution in [2.75, 3.05) is 55.6 Å². The summed E-state index contributed by atoms with van der Waals surface area (Å²) in [4.78, 5) is 55.0. The summed E-state index contributed by atoms with van der Waals surface area (Å²) in [5, 5.41) is 7.26. The molecule has 0 saturated carbocycles. The Hall–Kier alpha value is -5.28. The minimum Gasteiger partial charge on any atom is -0.355 e. The fraction of sp³-hybridized carbons (Fsp3) is 0.371. The lowest BCUT2D eigenvalue weighted by molar-refractivity contribution is -0.136. The van der Waals surface area contributed by atoms with E-state index in [0.717, 1.165) is 79.1 Å². The Kier molecular flexibility index (Phi) is 7.53. The maximum absolute atomic E-state index is 13.0. The van der Waals surface area contributed by atoms with Crippen LogP contribution in [0.4, 0.5) is 11.6 Å². The maximum Gasteiger partial charge on any atom is 0.255 e. The van der Waals surface area contributed by atoms with Gasteiger partial charge in [0.25, 0.3) is 5.91 Å². The highest BCUT2D eigenvalue weighted by molar-refractivity contribution is 6.05. The van der Waals surface area contributed by atoms with E-state index in [2.05, 4.69) is 49.0 Å². The van der Waals surface area contributed by atoms with Gasteiger partial charge >= 0.3 is 0 Å². The topological polar surface area (TPSA) is 119 Å². The van der Waals surface area contributed by atoms with Crippen molar-refractivity contribution in [3.63, 3.8) is 0 Å². The molecular weight excluding hydrogens is 594 g/mol. The van der Waals surface area contributed by atoms with Gasteiger partial charge in [-0.1, -0.05) is 17.9 Å². The Balaban J connectivity index is 0.886. The molecule has 12 nitrogen and oxygen atoms in total. The third kappa shape index (κ3) is 5.67. The maximum atomic E-state index is 13.0. The van der Waals surface area contributed by atoms with Gasteiger partial charge in [0.05, 0.1) is 18.4 Å². The molecule has 4 aliphatic rings. The van der Waals surface area contributed by atoms with E-state index in [0.29, 0.717) is 25.1 Å². The van der Waals surface area contributed by atoms with E-state index in [1.807, 2.05) is 41.0 Å². The van der Waals surface area contributed by atoms with Crippen LogP contribution < -0.4 is 15.1 Å². The van der Waals surface area contributed by atoms with E-state index in [4.69, 9.17) is 10.1 Å². The lowest BCUT2D eigenvalue weighted by atomic mass is 10.0. The number of piperazine rings is 1. The van der Waals surface area contributed by atoms with Crippen LogP contribution in [0.1, 0.15) is 47.2 Å². The zero-order valence-corrected chi connectivity index (χ0v) is 26.1. The molecule has 47 heavy (non-hydrogen) atoms. The molecule has 3 saturated heterocycles. The highest BCUT2D eigenvalue weighted by Crippen LogP contribution is 2.28. The van der Waals surface area contributed by atoms with Crippen molar-refractivity contribution in [3.05, 3.63) is 71.4 Å². The number of fused-ring (bicyclic) bond motifs is 2. The van der Waals surface area contributed by atoms with Crippen LogP contribution in [0.15, 0.2) is 54.7 Å². The number of nitrogens with zero attached hydrogens (tertiary/aromatic N) is 8. The summed E-state index contributed by atoms with van der Waals surface area (Å²) >= 11 is 0. The number of imide groups is 1. The third-order valence-electron chi connectivity index (χ3n) is 9.53. The summed E-state index contributed by atoms with van der Waals surface area (Å²) < 4.78 is 1.91. The van der Waals surface area contributed by atoms with Crippen LogP contribution in [-0.2, 0) is 16.1 Å². The first-order chi connectivity index (χ1) is 23.0. The van der Waals surface area contributed by atoms with Gasteiger partial charge in [0.1, 0.15) is 23.4 Å². The van der Waals surface area contributed by atoms with Gasteiger partial charge in [0.15, 0.2) is 5.65 Å². The molecule has 3 aromatic heterocycles. The van der Waals surface area contributed by atoms with E-state index in [9.17, 15) is 14.4 Å². The number of anilines is 2. The Morgan fingerprint density at radius 3 is 2.55 bits per heavy atom. The standard InChI is InChI=1S/C35H35N9O3/c45-33-13-10-28(34(46)38-33)43-23-25-21-24(8-9-26(25)35(43)47)5-4-14-40-17-19-42(20-18-40)31-7-3-6-27(37-31)29-22-36-30-11-12-32(39-44(29)30)41-15-1-2-16-41/h3,6-9,11-12,21-22,28H,1-2,10,13-20,23H2,(H,38,45,46). The zero-order chi connectivity index (χ0) is 31.9. The molecule has 1 aromatic carbocycles. The second kappa shape index (κ2) is 12.1. The number of hydrogen-bond donors (Lipinski definition) is 1. The molecule has 238 valence electrons. The third-order valence-corrected chi connectivity index (χ3v) is 9.53. The number of benzene rings is 1. The summed E-state index contributed by atoms with van der Waals surface area (Å²) in [7, 11) is 0. The quantitative estimate of drug-likeness (QED) is 0.262. The van der Waals surface area contributed by atoms with Crippen molar-refractivity contribution in [1.29, 1.82) is 0 Å². The number of rotatable bonds is 5. The first-order valence-corrected chi connectivity index (χ1v) is 16.3. The Bertz CT molecular complexity index is 1950. The number of carbonyl (C=O) groups is 3. The van der Waals surface area contributed by atoms with Crippen LogP contribution in [0, 0.1) is 11.8 Å². The summed E-state index contributed by atoms with van der Waals surface area (Å²) in [6, 6.07) is 15.2. The normalized spacial score (nSPS) is 20.0. The van der Waals surface area contributed by atoms with Crippen molar-refractivity contribution in [2.24, 2.45) is 0 Å². The first-order valence-electron chi connectivity index (χ1n) is 16.3. The monoisotopic (exact) mass is 629 g/mol. The Labute approximate surface area is 272 Å². The summed E-state index contributed by atoms with van der Waals surface area (Å²) in [6.45, 7) is 6.51. The van der Waals surface area contributed by atoms with Crippen LogP contribution in [0.5, 0.6) is 0 Å². The number of piperidine rings is 1. The van der Waals surface area contributed by atoms with Crippen LogP contribution >= 0.6 is 0 Å². The van der Waals surface area contributed by atoms with E-state index in [1.54, 1.807) is 11.0 Å². The van der Waals surface area contributed by atoms with Gasteiger partial charge in [-0.05, 0) is 67.3 Å². The molecule has 1 unspecified atom stereocenters. The second-order valence-electron chi connectivity index (χ2n) is 12.5. The van der Waals surface area contributed by atoms with E-state index >= 15 is 0 Å². The van der Waals surface area contributed by atoms with Gasteiger partial charge in [-0.25, -0.2) is 14.5 Å². The number of hydrogen-bond acceptors (Lipinski definition) is 9. The minimum atomic E-state index is -0.616. The van der Waals surface area contributed by atoms with Crippen LogP contribution in [0.3, 0.4) is 0 Å². The smallest absolute Gasteiger partial charge is 0.255 e. The number of nitrogens with one attached hydrogen (secondary N) is 1. The lowest BCUT2D eigenvalue weighted by Gasteiger charge is -2.34. The number of pyridine rings is 1. The van der Waals surface area contributed by atoms with Gasteiger partial charge in [-0.2, -0.15) is 0 Å². The molecule has 1 N–H and O–H groups in total. The van der Waals surface area contributed by atoms with Gasteiger partial charge < -0.3 is 14.7 Å². The number of aromatic nitrogens is 4. The average Bonchev–Trinajstić information content (AvgIpc) is 3.85. The predicted octanol–water partition coefficient (Wildman–Crippen LogP) is 2.33. The zero-order valence-electron chi connectivity index (χ0n) is 26.1. The van der Waals surface area contributed by atoms with E-state index in [-0.39, 0.29) is 18.2 Å². The molecule has 8 rings (SSSR count).